The van der Waals surface area contributed by atoms with Gasteiger partial charge in [0.25, 0.3) is 5.56 Å². The Morgan fingerprint density at radius 2 is 1.65 bits per heavy atom. The molecule has 0 saturated carbocycles. The van der Waals surface area contributed by atoms with Crippen LogP contribution in [0.5, 0.6) is 0 Å². The molecule has 0 N–H and O–H groups in total. The second kappa shape index (κ2) is 9.79. The highest BCUT2D eigenvalue weighted by molar-refractivity contribution is 5.16. The third kappa shape index (κ3) is 5.94. The number of unbranched alkanes of at least 4 members (excludes halogenated alkanes) is 5. The fourth-order valence-electron chi connectivity index (χ4n) is 2.74. The summed E-state index contributed by atoms with van der Waals surface area (Å²) in [4.78, 5) is 11.8. The van der Waals surface area contributed by atoms with E-state index in [9.17, 15) is 4.79 Å². The fourth-order valence-corrected chi connectivity index (χ4v) is 2.74. The molecule has 20 heavy (non-hydrogen) atoms. The molecule has 2 heteroatoms. The largest absolute Gasteiger partial charge is 0.319 e. The minimum Gasteiger partial charge on any atom is -0.319 e. The zero-order valence-electron chi connectivity index (χ0n) is 13.5. The standard InChI is InChI=1S/C18H31NO/c1-4-6-8-9-10-12-16(11-7-5-2)17-13-14-19(3)18(20)15-17/h13-16H,4-12H2,1-3H3. The highest BCUT2D eigenvalue weighted by Gasteiger charge is 2.11. The van der Waals surface area contributed by atoms with E-state index in [1.807, 2.05) is 19.3 Å². The number of aryl methyl sites for hydroxylation is 1. The van der Waals surface area contributed by atoms with Crippen molar-refractivity contribution in [1.29, 1.82) is 0 Å². The Balaban J connectivity index is 2.58. The number of nitrogens with zero attached hydrogens (tertiary/aromatic N) is 1. The lowest BCUT2D eigenvalue weighted by atomic mass is 9.89. The number of hydrogen-bond acceptors (Lipinski definition) is 1. The van der Waals surface area contributed by atoms with Gasteiger partial charge in [0, 0.05) is 19.3 Å². The van der Waals surface area contributed by atoms with E-state index in [2.05, 4.69) is 19.9 Å². The molecule has 1 unspecified atom stereocenters. The van der Waals surface area contributed by atoms with Gasteiger partial charge in [-0.2, -0.15) is 0 Å². The van der Waals surface area contributed by atoms with Crippen molar-refractivity contribution in [1.82, 2.24) is 4.57 Å². The van der Waals surface area contributed by atoms with Gasteiger partial charge in [0.2, 0.25) is 0 Å². The fraction of sp³-hybridized carbons (Fsp3) is 0.722. The van der Waals surface area contributed by atoms with Crippen LogP contribution in [0.1, 0.15) is 83.1 Å². The molecule has 0 fully saturated rings. The summed E-state index contributed by atoms with van der Waals surface area (Å²) < 4.78 is 1.65. The van der Waals surface area contributed by atoms with E-state index in [-0.39, 0.29) is 5.56 Å². The molecule has 0 saturated heterocycles. The van der Waals surface area contributed by atoms with Gasteiger partial charge in [-0.05, 0) is 30.4 Å². The van der Waals surface area contributed by atoms with Gasteiger partial charge in [-0.15, -0.1) is 0 Å². The normalized spacial score (nSPS) is 12.6. The molecule has 114 valence electrons. The van der Waals surface area contributed by atoms with Gasteiger partial charge in [0.15, 0.2) is 0 Å². The number of pyridine rings is 1. The van der Waals surface area contributed by atoms with E-state index in [0.29, 0.717) is 5.92 Å². The van der Waals surface area contributed by atoms with E-state index in [0.717, 1.165) is 0 Å². The molecule has 1 aromatic heterocycles. The molecule has 1 heterocycles. The SMILES string of the molecule is CCCCCCCC(CCCC)c1ccn(C)c(=O)c1. The molecule has 1 atom stereocenters. The first-order valence-corrected chi connectivity index (χ1v) is 8.35. The van der Waals surface area contributed by atoms with Crippen LogP contribution in [0.2, 0.25) is 0 Å². The zero-order chi connectivity index (χ0) is 14.8. The second-order valence-electron chi connectivity index (χ2n) is 5.95. The van der Waals surface area contributed by atoms with E-state index in [4.69, 9.17) is 0 Å². The van der Waals surface area contributed by atoms with Crippen LogP contribution in [-0.2, 0) is 7.05 Å². The summed E-state index contributed by atoms with van der Waals surface area (Å²) in [6, 6.07) is 3.97. The van der Waals surface area contributed by atoms with Crippen molar-refractivity contribution < 1.29 is 0 Å². The molecule has 0 aliphatic rings. The molecular formula is C18H31NO. The van der Waals surface area contributed by atoms with Crippen molar-refractivity contribution in [2.75, 3.05) is 0 Å². The maximum atomic E-state index is 11.8. The van der Waals surface area contributed by atoms with Gasteiger partial charge in [-0.3, -0.25) is 4.79 Å². The first-order chi connectivity index (χ1) is 9.69. The average Bonchev–Trinajstić information content (AvgIpc) is 2.45. The molecule has 2 nitrogen and oxygen atoms in total. The Morgan fingerprint density at radius 1 is 1.00 bits per heavy atom. The predicted octanol–water partition coefficient (Wildman–Crippen LogP) is 5.02. The van der Waals surface area contributed by atoms with Crippen molar-refractivity contribution in [3.63, 3.8) is 0 Å². The van der Waals surface area contributed by atoms with Crippen LogP contribution in [0, 0.1) is 0 Å². The van der Waals surface area contributed by atoms with Crippen molar-refractivity contribution in [3.05, 3.63) is 34.2 Å². The van der Waals surface area contributed by atoms with Gasteiger partial charge in [-0.25, -0.2) is 0 Å². The van der Waals surface area contributed by atoms with Crippen LogP contribution in [0.3, 0.4) is 0 Å². The predicted molar refractivity (Wildman–Crippen MR) is 87.3 cm³/mol. The number of aromatic nitrogens is 1. The van der Waals surface area contributed by atoms with Crippen molar-refractivity contribution in [3.8, 4) is 0 Å². The molecule has 0 bridgehead atoms. The van der Waals surface area contributed by atoms with Gasteiger partial charge in [0.1, 0.15) is 0 Å². The molecule has 0 aliphatic carbocycles. The maximum Gasteiger partial charge on any atom is 0.250 e. The molecular weight excluding hydrogens is 246 g/mol. The van der Waals surface area contributed by atoms with Gasteiger partial charge < -0.3 is 4.57 Å². The minimum atomic E-state index is 0.120. The summed E-state index contributed by atoms with van der Waals surface area (Å²) in [6.07, 6.45) is 13.5. The molecule has 0 radical (unpaired) electrons. The lowest BCUT2D eigenvalue weighted by Crippen LogP contribution is -2.16. The van der Waals surface area contributed by atoms with Crippen molar-refractivity contribution in [2.24, 2.45) is 7.05 Å². The van der Waals surface area contributed by atoms with E-state index in [1.165, 1.54) is 63.4 Å². The summed E-state index contributed by atoms with van der Waals surface area (Å²) in [5, 5.41) is 0. The summed E-state index contributed by atoms with van der Waals surface area (Å²) in [5.74, 6) is 0.575. The Kier molecular flexibility index (Phi) is 8.32. The smallest absolute Gasteiger partial charge is 0.250 e. The Morgan fingerprint density at radius 3 is 2.30 bits per heavy atom. The Bertz CT molecular complexity index is 422. The Hall–Kier alpha value is -1.05. The number of rotatable bonds is 10. The summed E-state index contributed by atoms with van der Waals surface area (Å²) in [7, 11) is 1.82. The summed E-state index contributed by atoms with van der Waals surface area (Å²) >= 11 is 0. The van der Waals surface area contributed by atoms with Crippen LogP contribution < -0.4 is 5.56 Å². The highest BCUT2D eigenvalue weighted by Crippen LogP contribution is 2.27. The highest BCUT2D eigenvalue weighted by atomic mass is 16.1. The monoisotopic (exact) mass is 277 g/mol. The van der Waals surface area contributed by atoms with Crippen LogP contribution >= 0.6 is 0 Å². The van der Waals surface area contributed by atoms with E-state index < -0.39 is 0 Å². The van der Waals surface area contributed by atoms with Crippen LogP contribution in [0.15, 0.2) is 23.1 Å². The number of hydrogen-bond donors (Lipinski definition) is 0. The van der Waals surface area contributed by atoms with E-state index in [1.54, 1.807) is 4.57 Å². The van der Waals surface area contributed by atoms with Crippen molar-refractivity contribution in [2.45, 2.75) is 77.6 Å². The quantitative estimate of drug-likeness (QED) is 0.550. The van der Waals surface area contributed by atoms with Crippen LogP contribution in [0.4, 0.5) is 0 Å². The average molecular weight is 277 g/mol. The summed E-state index contributed by atoms with van der Waals surface area (Å²) in [6.45, 7) is 4.49. The van der Waals surface area contributed by atoms with Crippen molar-refractivity contribution >= 4 is 0 Å². The molecule has 1 rings (SSSR count). The third-order valence-electron chi connectivity index (χ3n) is 4.16. The molecule has 0 spiro atoms. The minimum absolute atomic E-state index is 0.120. The summed E-state index contributed by atoms with van der Waals surface area (Å²) in [5.41, 5.74) is 1.37. The van der Waals surface area contributed by atoms with Crippen LogP contribution in [0.25, 0.3) is 0 Å². The van der Waals surface area contributed by atoms with Crippen LogP contribution in [-0.4, -0.2) is 4.57 Å². The molecule has 1 aromatic rings. The topological polar surface area (TPSA) is 22.0 Å². The van der Waals surface area contributed by atoms with E-state index >= 15 is 0 Å². The first-order valence-electron chi connectivity index (χ1n) is 8.35. The first kappa shape index (κ1) is 17.0. The third-order valence-corrected chi connectivity index (χ3v) is 4.16. The zero-order valence-corrected chi connectivity index (χ0v) is 13.5. The maximum absolute atomic E-state index is 11.8. The molecule has 0 aromatic carbocycles. The molecule has 0 amide bonds. The van der Waals surface area contributed by atoms with Gasteiger partial charge in [0.05, 0.1) is 0 Å². The second-order valence-corrected chi connectivity index (χ2v) is 5.95. The lowest BCUT2D eigenvalue weighted by molar-refractivity contribution is 0.503. The van der Waals surface area contributed by atoms with Gasteiger partial charge >= 0.3 is 0 Å². The Labute approximate surface area is 124 Å². The van der Waals surface area contributed by atoms with Gasteiger partial charge in [-0.1, -0.05) is 58.8 Å². The lowest BCUT2D eigenvalue weighted by Gasteiger charge is -2.17. The molecule has 0 aliphatic heterocycles.